The summed E-state index contributed by atoms with van der Waals surface area (Å²) in [4.78, 5) is 11.4. The number of carbonyl (C=O) groups excluding carboxylic acids is 1. The van der Waals surface area contributed by atoms with Gasteiger partial charge in [-0.15, -0.1) is 0 Å². The molecule has 0 aliphatic rings. The van der Waals surface area contributed by atoms with Gasteiger partial charge in [0.25, 0.3) is 0 Å². The first-order valence-corrected chi connectivity index (χ1v) is 8.59. The minimum absolute atomic E-state index is 0.245. The first-order valence-electron chi connectivity index (χ1n) is 7.05. The highest BCUT2D eigenvalue weighted by atomic mass is 32.2. The molecule has 1 rings (SSSR count). The second kappa shape index (κ2) is 6.97. The zero-order chi connectivity index (χ0) is 20.6. The van der Waals surface area contributed by atoms with Crippen LogP contribution in [0.15, 0.2) is 29.2 Å². The molecule has 0 radical (unpaired) electrons. The first-order chi connectivity index (χ1) is 11.5. The number of nitrogens with one attached hydrogen (secondary N) is 2. The Bertz CT molecular complexity index is 742. The highest BCUT2D eigenvalue weighted by molar-refractivity contribution is 7.92. The van der Waals surface area contributed by atoms with Crippen molar-refractivity contribution in [3.8, 4) is 0 Å². The molecule has 1 aromatic carbocycles. The minimum Gasteiger partial charge on any atom is -0.321 e. The Morgan fingerprint density at radius 2 is 1.42 bits per heavy atom. The van der Waals surface area contributed by atoms with Gasteiger partial charge >= 0.3 is 18.4 Å². The van der Waals surface area contributed by atoms with Crippen LogP contribution in [0.1, 0.15) is 19.4 Å². The van der Waals surface area contributed by atoms with Crippen LogP contribution >= 0.6 is 0 Å². The van der Waals surface area contributed by atoms with Crippen LogP contribution in [0.4, 0.5) is 31.1 Å². The van der Waals surface area contributed by atoms with Crippen molar-refractivity contribution in [3.63, 3.8) is 0 Å². The number of urea groups is 1. The fraction of sp³-hybridized carbons (Fsp3) is 0.500. The van der Waals surface area contributed by atoms with Gasteiger partial charge in [0.15, 0.2) is 9.84 Å². The number of alkyl halides is 6. The van der Waals surface area contributed by atoms with Crippen LogP contribution in [0, 0.1) is 6.92 Å². The van der Waals surface area contributed by atoms with Crippen molar-refractivity contribution in [3.05, 3.63) is 29.8 Å². The van der Waals surface area contributed by atoms with Crippen molar-refractivity contribution in [2.24, 2.45) is 0 Å². The maximum atomic E-state index is 12.8. The van der Waals surface area contributed by atoms with Crippen LogP contribution in [0.3, 0.4) is 0 Å². The monoisotopic (exact) mass is 406 g/mol. The number of carbonyl (C=O) groups is 1. The molecule has 0 fully saturated rings. The van der Waals surface area contributed by atoms with Crippen molar-refractivity contribution in [1.82, 2.24) is 10.6 Å². The smallest absolute Gasteiger partial charge is 0.321 e. The fourth-order valence-electron chi connectivity index (χ4n) is 1.76. The quantitative estimate of drug-likeness (QED) is 0.754. The van der Waals surface area contributed by atoms with Gasteiger partial charge in [0.2, 0.25) is 5.54 Å². The van der Waals surface area contributed by atoms with E-state index in [2.05, 4.69) is 0 Å². The normalized spacial score (nSPS) is 14.7. The summed E-state index contributed by atoms with van der Waals surface area (Å²) in [5, 5.41) is 0.600. The van der Waals surface area contributed by atoms with E-state index in [1.54, 1.807) is 12.2 Å². The Hall–Kier alpha value is -1.98. The molecular formula is C14H16F6N2O3S. The molecule has 0 spiro atoms. The molecule has 1 aromatic rings. The zero-order valence-electron chi connectivity index (χ0n) is 13.8. The van der Waals surface area contributed by atoms with E-state index >= 15 is 0 Å². The summed E-state index contributed by atoms with van der Waals surface area (Å²) in [7, 11) is -4.21. The van der Waals surface area contributed by atoms with E-state index in [9.17, 15) is 39.6 Å². The summed E-state index contributed by atoms with van der Waals surface area (Å²) < 4.78 is 101. The molecule has 2 amide bonds. The lowest BCUT2D eigenvalue weighted by atomic mass is 10.0. The molecule has 0 aliphatic carbocycles. The third kappa shape index (κ3) is 4.40. The Balaban J connectivity index is 3.01. The van der Waals surface area contributed by atoms with Gasteiger partial charge in [-0.2, -0.15) is 26.3 Å². The summed E-state index contributed by atoms with van der Waals surface area (Å²) in [6, 6.07) is 3.38. The summed E-state index contributed by atoms with van der Waals surface area (Å²) >= 11 is 0. The lowest BCUT2D eigenvalue weighted by Gasteiger charge is -2.34. The maximum absolute atomic E-state index is 12.8. The lowest BCUT2D eigenvalue weighted by Crippen LogP contribution is -2.67. The number of benzene rings is 1. The van der Waals surface area contributed by atoms with Gasteiger partial charge in [0.1, 0.15) is 5.37 Å². The Morgan fingerprint density at radius 1 is 1.00 bits per heavy atom. The summed E-state index contributed by atoms with van der Waals surface area (Å²) in [6.07, 6.45) is -11.7. The molecule has 1 atom stereocenters. The molecule has 0 aromatic heterocycles. The first kappa shape index (κ1) is 22.1. The third-order valence-electron chi connectivity index (χ3n) is 3.65. The molecule has 0 aliphatic heterocycles. The van der Waals surface area contributed by atoms with Gasteiger partial charge < -0.3 is 10.6 Å². The molecular weight excluding hydrogens is 390 g/mol. The highest BCUT2D eigenvalue weighted by Crippen LogP contribution is 2.42. The molecule has 0 bridgehead atoms. The molecule has 5 nitrogen and oxygen atoms in total. The Labute approximate surface area is 145 Å². The molecule has 2 N–H and O–H groups in total. The molecule has 148 valence electrons. The van der Waals surface area contributed by atoms with Crippen LogP contribution in [0.5, 0.6) is 0 Å². The molecule has 0 heterocycles. The largest absolute Gasteiger partial charge is 0.420 e. The topological polar surface area (TPSA) is 75.3 Å². The lowest BCUT2D eigenvalue weighted by molar-refractivity contribution is -0.297. The van der Waals surface area contributed by atoms with E-state index in [1.807, 2.05) is 0 Å². The van der Waals surface area contributed by atoms with Gasteiger partial charge in [-0.05, 0) is 32.9 Å². The van der Waals surface area contributed by atoms with Gasteiger partial charge in [0, 0.05) is 0 Å². The Morgan fingerprint density at radius 3 is 1.81 bits per heavy atom. The van der Waals surface area contributed by atoms with E-state index in [4.69, 9.17) is 0 Å². The maximum Gasteiger partial charge on any atom is 0.420 e. The highest BCUT2D eigenvalue weighted by Gasteiger charge is 2.68. The van der Waals surface area contributed by atoms with Crippen LogP contribution in [-0.2, 0) is 9.84 Å². The van der Waals surface area contributed by atoms with Crippen molar-refractivity contribution in [2.45, 2.75) is 48.9 Å². The van der Waals surface area contributed by atoms with Crippen molar-refractivity contribution < 1.29 is 39.6 Å². The predicted molar refractivity (Wildman–Crippen MR) is 80.0 cm³/mol. The molecule has 0 saturated heterocycles. The number of sulfone groups is 1. The minimum atomic E-state index is -5.85. The van der Waals surface area contributed by atoms with Crippen LogP contribution in [0.2, 0.25) is 0 Å². The van der Waals surface area contributed by atoms with E-state index < -0.39 is 39.1 Å². The standard InChI is InChI=1S/C14H16F6N2O3S/c1-8-4-6-10(7-5-8)26(24,25)9(2)21-11(23)22-12(3,13(15,16)17)14(18,19)20/h4-7,9H,1-3H3,(H2,21,22,23). The molecule has 1 unspecified atom stereocenters. The fourth-order valence-corrected chi connectivity index (χ4v) is 2.95. The average molecular weight is 406 g/mol. The number of amides is 2. The van der Waals surface area contributed by atoms with Gasteiger partial charge in [-0.3, -0.25) is 0 Å². The zero-order valence-corrected chi connectivity index (χ0v) is 14.6. The predicted octanol–water partition coefficient (Wildman–Crippen LogP) is 3.30. The van der Waals surface area contributed by atoms with E-state index in [0.717, 1.165) is 17.8 Å². The van der Waals surface area contributed by atoms with E-state index in [0.29, 0.717) is 0 Å². The average Bonchev–Trinajstić information content (AvgIpc) is 2.44. The number of aryl methyl sites for hydroxylation is 1. The van der Waals surface area contributed by atoms with Crippen molar-refractivity contribution in [2.75, 3.05) is 0 Å². The van der Waals surface area contributed by atoms with Crippen LogP contribution in [-0.4, -0.2) is 37.7 Å². The number of halogens is 6. The number of hydrogen-bond donors (Lipinski definition) is 2. The summed E-state index contributed by atoms with van der Waals surface area (Å²) in [5.41, 5.74) is -3.81. The van der Waals surface area contributed by atoms with Crippen LogP contribution in [0.25, 0.3) is 0 Å². The summed E-state index contributed by atoms with van der Waals surface area (Å²) in [5.74, 6) is 0. The van der Waals surface area contributed by atoms with Crippen LogP contribution < -0.4 is 10.6 Å². The summed E-state index contributed by atoms with van der Waals surface area (Å²) in [6.45, 7) is 2.35. The molecule has 12 heteroatoms. The Kier molecular flexibility index (Phi) is 5.91. The molecule has 26 heavy (non-hydrogen) atoms. The molecule has 0 saturated carbocycles. The van der Waals surface area contributed by atoms with E-state index in [1.165, 1.54) is 24.3 Å². The van der Waals surface area contributed by atoms with Gasteiger partial charge in [-0.25, -0.2) is 13.2 Å². The van der Waals surface area contributed by atoms with Crippen molar-refractivity contribution in [1.29, 1.82) is 0 Å². The van der Waals surface area contributed by atoms with E-state index in [-0.39, 0.29) is 11.8 Å². The number of hydrogen-bond acceptors (Lipinski definition) is 3. The van der Waals surface area contributed by atoms with Crippen molar-refractivity contribution >= 4 is 15.9 Å². The van der Waals surface area contributed by atoms with Gasteiger partial charge in [-0.1, -0.05) is 17.7 Å². The SMILES string of the molecule is Cc1ccc(S(=O)(=O)C(C)NC(=O)NC(C)(C(F)(F)F)C(F)(F)F)cc1. The third-order valence-corrected chi connectivity index (χ3v) is 5.62. The van der Waals surface area contributed by atoms with Gasteiger partial charge in [0.05, 0.1) is 4.90 Å². The second-order valence-corrected chi connectivity index (χ2v) is 7.99. The second-order valence-electron chi connectivity index (χ2n) is 5.72. The number of rotatable bonds is 4.